The molecule has 116 valence electrons. The van der Waals surface area contributed by atoms with Crippen LogP contribution in [0.4, 0.5) is 5.69 Å². The number of carbonyl (C=O) groups excluding carboxylic acids is 1. The highest BCUT2D eigenvalue weighted by Crippen LogP contribution is 2.26. The molecule has 1 fully saturated rings. The highest BCUT2D eigenvalue weighted by atomic mass is 79.9. The third kappa shape index (κ3) is 5.06. The quantitative estimate of drug-likeness (QED) is 0.771. The van der Waals surface area contributed by atoms with Gasteiger partial charge in [-0.3, -0.25) is 9.69 Å². The first kappa shape index (κ1) is 16.9. The van der Waals surface area contributed by atoms with Crippen molar-refractivity contribution < 1.29 is 4.79 Å². The molecule has 1 aliphatic rings. The van der Waals surface area contributed by atoms with E-state index in [1.807, 2.05) is 18.2 Å². The topological polar surface area (TPSA) is 44.4 Å². The lowest BCUT2D eigenvalue weighted by molar-refractivity contribution is -0.117. The molecule has 0 radical (unpaired) electrons. The maximum absolute atomic E-state index is 12.3. The number of nitrogens with one attached hydrogen (secondary N) is 2. The summed E-state index contributed by atoms with van der Waals surface area (Å²) in [6.07, 6.45) is 2.34. The molecule has 1 aromatic carbocycles. The van der Waals surface area contributed by atoms with Crippen LogP contribution in [0.1, 0.15) is 19.8 Å². The zero-order valence-corrected chi connectivity index (χ0v) is 15.3. The highest BCUT2D eigenvalue weighted by molar-refractivity contribution is 9.11. The van der Waals surface area contributed by atoms with Crippen LogP contribution in [0.15, 0.2) is 27.1 Å². The van der Waals surface area contributed by atoms with Crippen molar-refractivity contribution in [2.24, 2.45) is 0 Å². The minimum atomic E-state index is 0.0328. The normalized spacial score (nSPS) is 18.8. The smallest absolute Gasteiger partial charge is 0.238 e. The van der Waals surface area contributed by atoms with Gasteiger partial charge in [0.25, 0.3) is 0 Å². The van der Waals surface area contributed by atoms with Crippen LogP contribution in [-0.2, 0) is 4.79 Å². The lowest BCUT2D eigenvalue weighted by Crippen LogP contribution is -2.48. The summed E-state index contributed by atoms with van der Waals surface area (Å²) < 4.78 is 1.86. The van der Waals surface area contributed by atoms with E-state index in [1.165, 1.54) is 6.42 Å². The maximum atomic E-state index is 12.3. The van der Waals surface area contributed by atoms with Crippen molar-refractivity contribution in [1.82, 2.24) is 10.2 Å². The van der Waals surface area contributed by atoms with Gasteiger partial charge in [-0.25, -0.2) is 0 Å². The number of rotatable bonds is 5. The molecule has 0 bridgehead atoms. The number of carbonyl (C=O) groups is 1. The van der Waals surface area contributed by atoms with Gasteiger partial charge >= 0.3 is 0 Å². The van der Waals surface area contributed by atoms with E-state index in [1.54, 1.807) is 0 Å². The van der Waals surface area contributed by atoms with Crippen molar-refractivity contribution in [2.45, 2.75) is 25.8 Å². The molecule has 1 aliphatic heterocycles. The molecule has 0 aromatic heterocycles. The second-order valence-corrected chi connectivity index (χ2v) is 7.01. The molecule has 1 heterocycles. The molecule has 4 nitrogen and oxygen atoms in total. The Morgan fingerprint density at radius 1 is 1.48 bits per heavy atom. The van der Waals surface area contributed by atoms with Gasteiger partial charge in [0.05, 0.1) is 12.2 Å². The summed E-state index contributed by atoms with van der Waals surface area (Å²) in [5, 5.41) is 6.37. The van der Waals surface area contributed by atoms with Crippen LogP contribution in [0.25, 0.3) is 0 Å². The Bertz CT molecular complexity index is 490. The fourth-order valence-electron chi connectivity index (χ4n) is 2.61. The number of benzene rings is 1. The molecule has 2 N–H and O–H groups in total. The molecule has 0 saturated carbocycles. The van der Waals surface area contributed by atoms with E-state index in [0.717, 1.165) is 40.7 Å². The van der Waals surface area contributed by atoms with Gasteiger partial charge in [-0.15, -0.1) is 0 Å². The summed E-state index contributed by atoms with van der Waals surface area (Å²) in [6, 6.07) is 6.20. The van der Waals surface area contributed by atoms with Crippen molar-refractivity contribution in [3.8, 4) is 0 Å². The molecule has 6 heteroatoms. The molecular formula is C15H21Br2N3O. The van der Waals surface area contributed by atoms with Crippen LogP contribution in [0.5, 0.6) is 0 Å². The number of amides is 1. The van der Waals surface area contributed by atoms with Gasteiger partial charge in [0, 0.05) is 21.5 Å². The Labute approximate surface area is 142 Å². The Hall–Kier alpha value is -0.430. The van der Waals surface area contributed by atoms with Gasteiger partial charge in [0.1, 0.15) is 0 Å². The number of hydrogen-bond acceptors (Lipinski definition) is 3. The standard InChI is InChI=1S/C15H21Br2N3O/c1-2-20(12-4-3-7-18-9-12)10-15(21)19-14-6-5-11(16)8-13(14)17/h5-6,8,12,18H,2-4,7,9-10H2,1H3,(H,19,21). The molecule has 1 aromatic rings. The molecular weight excluding hydrogens is 398 g/mol. The monoisotopic (exact) mass is 417 g/mol. The Morgan fingerprint density at radius 3 is 2.90 bits per heavy atom. The van der Waals surface area contributed by atoms with E-state index in [0.29, 0.717) is 12.6 Å². The second kappa shape index (κ2) is 8.27. The van der Waals surface area contributed by atoms with Crippen LogP contribution < -0.4 is 10.6 Å². The van der Waals surface area contributed by atoms with Crippen LogP contribution in [0, 0.1) is 0 Å². The predicted octanol–water partition coefficient (Wildman–Crippen LogP) is 3.22. The summed E-state index contributed by atoms with van der Waals surface area (Å²) in [4.78, 5) is 14.5. The van der Waals surface area contributed by atoms with Crippen molar-refractivity contribution in [3.05, 3.63) is 27.1 Å². The molecule has 1 saturated heterocycles. The molecule has 1 atom stereocenters. The minimum absolute atomic E-state index is 0.0328. The molecule has 1 unspecified atom stereocenters. The predicted molar refractivity (Wildman–Crippen MR) is 93.6 cm³/mol. The molecule has 1 amide bonds. The van der Waals surface area contributed by atoms with Gasteiger partial charge in [-0.05, 0) is 60.1 Å². The van der Waals surface area contributed by atoms with E-state index in [-0.39, 0.29) is 5.91 Å². The molecule has 0 spiro atoms. The third-order valence-corrected chi connectivity index (χ3v) is 4.89. The van der Waals surface area contributed by atoms with E-state index in [4.69, 9.17) is 0 Å². The summed E-state index contributed by atoms with van der Waals surface area (Å²) in [7, 11) is 0. The Morgan fingerprint density at radius 2 is 2.29 bits per heavy atom. The third-order valence-electron chi connectivity index (χ3n) is 3.75. The van der Waals surface area contributed by atoms with Gasteiger partial charge in [-0.2, -0.15) is 0 Å². The number of anilines is 1. The van der Waals surface area contributed by atoms with Crippen LogP contribution in [0.3, 0.4) is 0 Å². The summed E-state index contributed by atoms with van der Waals surface area (Å²) in [5.41, 5.74) is 0.807. The van der Waals surface area contributed by atoms with Crippen molar-refractivity contribution >= 4 is 43.5 Å². The van der Waals surface area contributed by atoms with Gasteiger partial charge in [0.15, 0.2) is 0 Å². The number of piperidine rings is 1. The SMILES string of the molecule is CCN(CC(=O)Nc1ccc(Br)cc1Br)C1CCCNC1. The first-order valence-corrected chi connectivity index (χ1v) is 8.88. The average Bonchev–Trinajstić information content (AvgIpc) is 2.48. The second-order valence-electron chi connectivity index (χ2n) is 5.24. The van der Waals surface area contributed by atoms with E-state index in [9.17, 15) is 4.79 Å². The van der Waals surface area contributed by atoms with Crippen molar-refractivity contribution in [2.75, 3.05) is 31.5 Å². The fraction of sp³-hybridized carbons (Fsp3) is 0.533. The van der Waals surface area contributed by atoms with Gasteiger partial charge < -0.3 is 10.6 Å². The first-order chi connectivity index (χ1) is 10.1. The minimum Gasteiger partial charge on any atom is -0.324 e. The van der Waals surface area contributed by atoms with Crippen LogP contribution >= 0.6 is 31.9 Å². The van der Waals surface area contributed by atoms with Crippen molar-refractivity contribution in [3.63, 3.8) is 0 Å². The average molecular weight is 419 g/mol. The zero-order valence-electron chi connectivity index (χ0n) is 12.2. The largest absolute Gasteiger partial charge is 0.324 e. The van der Waals surface area contributed by atoms with E-state index < -0.39 is 0 Å². The zero-order chi connectivity index (χ0) is 15.2. The highest BCUT2D eigenvalue weighted by Gasteiger charge is 2.21. The fourth-order valence-corrected chi connectivity index (χ4v) is 3.76. The first-order valence-electron chi connectivity index (χ1n) is 7.30. The lowest BCUT2D eigenvalue weighted by Gasteiger charge is -2.33. The Balaban J connectivity index is 1.92. The molecule has 2 rings (SSSR count). The Kier molecular flexibility index (Phi) is 6.67. The molecule has 0 aliphatic carbocycles. The maximum Gasteiger partial charge on any atom is 0.238 e. The number of nitrogens with zero attached hydrogens (tertiary/aromatic N) is 1. The van der Waals surface area contributed by atoms with E-state index >= 15 is 0 Å². The van der Waals surface area contributed by atoms with E-state index in [2.05, 4.69) is 54.3 Å². The number of halogens is 2. The van der Waals surface area contributed by atoms with Gasteiger partial charge in [0.2, 0.25) is 5.91 Å². The van der Waals surface area contributed by atoms with Crippen LogP contribution in [0.2, 0.25) is 0 Å². The summed E-state index contributed by atoms with van der Waals surface area (Å²) >= 11 is 6.88. The summed E-state index contributed by atoms with van der Waals surface area (Å²) in [6.45, 7) is 5.50. The summed E-state index contributed by atoms with van der Waals surface area (Å²) in [5.74, 6) is 0.0328. The van der Waals surface area contributed by atoms with Crippen molar-refractivity contribution in [1.29, 1.82) is 0 Å². The number of likely N-dealkylation sites (N-methyl/N-ethyl adjacent to an activating group) is 1. The molecule has 21 heavy (non-hydrogen) atoms. The van der Waals surface area contributed by atoms with Gasteiger partial charge in [-0.1, -0.05) is 22.9 Å². The lowest BCUT2D eigenvalue weighted by atomic mass is 10.1. The number of hydrogen-bond donors (Lipinski definition) is 2. The van der Waals surface area contributed by atoms with Crippen LogP contribution in [-0.4, -0.2) is 43.0 Å².